The maximum atomic E-state index is 13.7. The minimum atomic E-state index is -0.106. The van der Waals surface area contributed by atoms with Gasteiger partial charge in [-0.1, -0.05) is 25.1 Å². The molecule has 0 saturated carbocycles. The van der Waals surface area contributed by atoms with Crippen molar-refractivity contribution >= 4 is 0 Å². The predicted octanol–water partition coefficient (Wildman–Crippen LogP) is 3.35. The van der Waals surface area contributed by atoms with Gasteiger partial charge in [0.05, 0.1) is 0 Å². The molecule has 19 heavy (non-hydrogen) atoms. The Kier molecular flexibility index (Phi) is 5.34. The maximum Gasteiger partial charge on any atom is 0.127 e. The zero-order chi connectivity index (χ0) is 13.7. The lowest BCUT2D eigenvalue weighted by molar-refractivity contribution is 0.192. The van der Waals surface area contributed by atoms with Gasteiger partial charge < -0.3 is 10.2 Å². The van der Waals surface area contributed by atoms with Crippen LogP contribution in [0.1, 0.15) is 44.7 Å². The van der Waals surface area contributed by atoms with E-state index in [0.717, 1.165) is 18.7 Å². The highest BCUT2D eigenvalue weighted by molar-refractivity contribution is 5.20. The van der Waals surface area contributed by atoms with Gasteiger partial charge in [0.1, 0.15) is 5.82 Å². The molecule has 1 atom stereocenters. The smallest absolute Gasteiger partial charge is 0.127 e. The summed E-state index contributed by atoms with van der Waals surface area (Å²) in [6.45, 7) is 7.81. The van der Waals surface area contributed by atoms with Crippen molar-refractivity contribution < 1.29 is 4.39 Å². The molecule has 1 aliphatic rings. The van der Waals surface area contributed by atoms with Gasteiger partial charge in [-0.3, -0.25) is 0 Å². The molecule has 2 rings (SSSR count). The Bertz CT molecular complexity index is 386. The minimum absolute atomic E-state index is 0.0870. The first kappa shape index (κ1) is 14.5. The number of likely N-dealkylation sites (tertiary alicyclic amines) is 1. The molecule has 1 saturated heterocycles. The second-order valence-electron chi connectivity index (χ2n) is 5.53. The molecule has 0 unspecified atom stereocenters. The van der Waals surface area contributed by atoms with Crippen LogP contribution in [0.3, 0.4) is 0 Å². The van der Waals surface area contributed by atoms with E-state index in [4.69, 9.17) is 0 Å². The number of hydrogen-bond acceptors (Lipinski definition) is 2. The van der Waals surface area contributed by atoms with Crippen molar-refractivity contribution in [2.75, 3.05) is 19.6 Å². The van der Waals surface area contributed by atoms with Crippen molar-refractivity contribution in [1.82, 2.24) is 10.2 Å². The number of rotatable bonds is 5. The fourth-order valence-corrected chi connectivity index (χ4v) is 2.91. The highest BCUT2D eigenvalue weighted by Gasteiger charge is 2.21. The molecule has 1 aromatic carbocycles. The topological polar surface area (TPSA) is 15.3 Å². The summed E-state index contributed by atoms with van der Waals surface area (Å²) in [5.74, 6) is -0.106. The van der Waals surface area contributed by atoms with E-state index in [1.165, 1.54) is 31.9 Å². The van der Waals surface area contributed by atoms with Crippen LogP contribution in [0.15, 0.2) is 24.3 Å². The molecular formula is C16H25FN2. The van der Waals surface area contributed by atoms with Crippen molar-refractivity contribution in [2.45, 2.75) is 45.2 Å². The Balaban J connectivity index is 1.84. The highest BCUT2D eigenvalue weighted by atomic mass is 19.1. The van der Waals surface area contributed by atoms with Crippen molar-refractivity contribution in [3.8, 4) is 0 Å². The molecule has 3 heteroatoms. The van der Waals surface area contributed by atoms with Gasteiger partial charge in [0, 0.05) is 17.6 Å². The van der Waals surface area contributed by atoms with Crippen LogP contribution in [0.25, 0.3) is 0 Å². The lowest BCUT2D eigenvalue weighted by Crippen LogP contribution is -2.43. The molecule has 0 spiro atoms. The number of hydrogen-bond donors (Lipinski definition) is 1. The normalized spacial score (nSPS) is 19.5. The SMILES string of the molecule is CCCN1CCC(N[C@H](C)c2ccccc2F)CC1. The summed E-state index contributed by atoms with van der Waals surface area (Å²) in [4.78, 5) is 2.52. The van der Waals surface area contributed by atoms with E-state index in [1.807, 2.05) is 12.1 Å². The standard InChI is InChI=1S/C16H25FN2/c1-3-10-19-11-8-14(9-12-19)18-13(2)15-6-4-5-7-16(15)17/h4-7,13-14,18H,3,8-12H2,1-2H3/t13-/m1/s1. The van der Waals surface area contributed by atoms with E-state index in [1.54, 1.807) is 6.07 Å². The van der Waals surface area contributed by atoms with Crippen molar-refractivity contribution in [2.24, 2.45) is 0 Å². The predicted molar refractivity (Wildman–Crippen MR) is 77.7 cm³/mol. The molecular weight excluding hydrogens is 239 g/mol. The van der Waals surface area contributed by atoms with Crippen molar-refractivity contribution in [1.29, 1.82) is 0 Å². The van der Waals surface area contributed by atoms with E-state index in [9.17, 15) is 4.39 Å². The Morgan fingerprint density at radius 2 is 2.00 bits per heavy atom. The molecule has 0 aromatic heterocycles. The lowest BCUT2D eigenvalue weighted by Gasteiger charge is -2.33. The van der Waals surface area contributed by atoms with E-state index >= 15 is 0 Å². The molecule has 0 amide bonds. The summed E-state index contributed by atoms with van der Waals surface area (Å²) in [5, 5.41) is 3.57. The largest absolute Gasteiger partial charge is 0.307 e. The second-order valence-corrected chi connectivity index (χ2v) is 5.53. The van der Waals surface area contributed by atoms with Gasteiger partial charge in [-0.25, -0.2) is 4.39 Å². The molecule has 1 aromatic rings. The minimum Gasteiger partial charge on any atom is -0.307 e. The third-order valence-corrected chi connectivity index (χ3v) is 3.98. The van der Waals surface area contributed by atoms with E-state index < -0.39 is 0 Å². The second kappa shape index (κ2) is 7.01. The van der Waals surface area contributed by atoms with Gasteiger partial charge in [-0.15, -0.1) is 0 Å². The monoisotopic (exact) mass is 264 g/mol. The molecule has 0 bridgehead atoms. The first-order valence-corrected chi connectivity index (χ1v) is 7.43. The molecule has 1 fully saturated rings. The number of nitrogens with zero attached hydrogens (tertiary/aromatic N) is 1. The fraction of sp³-hybridized carbons (Fsp3) is 0.625. The van der Waals surface area contributed by atoms with Gasteiger partial charge in [0.25, 0.3) is 0 Å². The molecule has 1 N–H and O–H groups in total. The average Bonchev–Trinajstić information content (AvgIpc) is 2.42. The third-order valence-electron chi connectivity index (χ3n) is 3.98. The van der Waals surface area contributed by atoms with Crippen LogP contribution >= 0.6 is 0 Å². The first-order chi connectivity index (χ1) is 9.20. The zero-order valence-electron chi connectivity index (χ0n) is 12.0. The number of piperidine rings is 1. The molecule has 1 aliphatic heterocycles. The van der Waals surface area contributed by atoms with Crippen LogP contribution in [-0.2, 0) is 0 Å². The fourth-order valence-electron chi connectivity index (χ4n) is 2.91. The first-order valence-electron chi connectivity index (χ1n) is 7.43. The van der Waals surface area contributed by atoms with E-state index in [2.05, 4.69) is 24.1 Å². The molecule has 0 aliphatic carbocycles. The Morgan fingerprint density at radius 3 is 2.63 bits per heavy atom. The summed E-state index contributed by atoms with van der Waals surface area (Å²) in [7, 11) is 0. The Hall–Kier alpha value is -0.930. The van der Waals surface area contributed by atoms with Crippen molar-refractivity contribution in [3.63, 3.8) is 0 Å². The summed E-state index contributed by atoms with van der Waals surface area (Å²) in [6, 6.07) is 7.66. The quantitative estimate of drug-likeness (QED) is 0.877. The van der Waals surface area contributed by atoms with Gasteiger partial charge in [0.2, 0.25) is 0 Å². The summed E-state index contributed by atoms with van der Waals surface area (Å²) in [5.41, 5.74) is 0.776. The van der Waals surface area contributed by atoms with Gasteiger partial charge >= 0.3 is 0 Å². The van der Waals surface area contributed by atoms with Gasteiger partial charge in [0.15, 0.2) is 0 Å². The summed E-state index contributed by atoms with van der Waals surface area (Å²) >= 11 is 0. The molecule has 106 valence electrons. The van der Waals surface area contributed by atoms with Gasteiger partial charge in [-0.05, 0) is 51.9 Å². The van der Waals surface area contributed by atoms with Crippen LogP contribution in [0.5, 0.6) is 0 Å². The van der Waals surface area contributed by atoms with Crippen LogP contribution in [-0.4, -0.2) is 30.6 Å². The van der Waals surface area contributed by atoms with Crippen LogP contribution < -0.4 is 5.32 Å². The molecule has 0 radical (unpaired) electrons. The lowest BCUT2D eigenvalue weighted by atomic mass is 10.0. The van der Waals surface area contributed by atoms with Gasteiger partial charge in [-0.2, -0.15) is 0 Å². The van der Waals surface area contributed by atoms with E-state index in [-0.39, 0.29) is 11.9 Å². The van der Waals surface area contributed by atoms with Crippen LogP contribution in [0.2, 0.25) is 0 Å². The number of benzene rings is 1. The third kappa shape index (κ3) is 4.02. The number of nitrogens with one attached hydrogen (secondary N) is 1. The molecule has 2 nitrogen and oxygen atoms in total. The number of halogens is 1. The van der Waals surface area contributed by atoms with Crippen LogP contribution in [0.4, 0.5) is 4.39 Å². The highest BCUT2D eigenvalue weighted by Crippen LogP contribution is 2.19. The van der Waals surface area contributed by atoms with E-state index in [0.29, 0.717) is 6.04 Å². The van der Waals surface area contributed by atoms with Crippen LogP contribution in [0, 0.1) is 5.82 Å². The molecule has 1 heterocycles. The maximum absolute atomic E-state index is 13.7. The average molecular weight is 264 g/mol. The summed E-state index contributed by atoms with van der Waals surface area (Å²) < 4.78 is 13.7. The van der Waals surface area contributed by atoms with Crippen molar-refractivity contribution in [3.05, 3.63) is 35.6 Å². The Morgan fingerprint density at radius 1 is 1.32 bits per heavy atom. The summed E-state index contributed by atoms with van der Waals surface area (Å²) in [6.07, 6.45) is 3.56. The zero-order valence-corrected chi connectivity index (χ0v) is 12.0. The Labute approximate surface area is 116 Å².